The average Bonchev–Trinajstić information content (AvgIpc) is 2.57. The van der Waals surface area contributed by atoms with Crippen molar-refractivity contribution in [2.45, 2.75) is 45.9 Å². The summed E-state index contributed by atoms with van der Waals surface area (Å²) in [7, 11) is 0. The van der Waals surface area contributed by atoms with Crippen molar-refractivity contribution in [1.82, 2.24) is 5.32 Å². The fraction of sp³-hybridized carbons (Fsp3) is 0.381. The first kappa shape index (κ1) is 18.6. The van der Waals surface area contributed by atoms with Crippen LogP contribution in [0.25, 0.3) is 0 Å². The van der Waals surface area contributed by atoms with Gasteiger partial charge in [0.15, 0.2) is 0 Å². The molecule has 0 spiro atoms. The highest BCUT2D eigenvalue weighted by Crippen LogP contribution is 2.21. The molecule has 0 aromatic heterocycles. The number of rotatable bonds is 7. The summed E-state index contributed by atoms with van der Waals surface area (Å²) in [6.07, 6.45) is 0.900. The number of benzene rings is 2. The van der Waals surface area contributed by atoms with E-state index in [0.717, 1.165) is 12.2 Å². The fourth-order valence-corrected chi connectivity index (χ4v) is 3.58. The second-order valence-corrected chi connectivity index (χ2v) is 7.28. The molecule has 2 rings (SSSR count). The lowest BCUT2D eigenvalue weighted by atomic mass is 9.99. The first-order valence-corrected chi connectivity index (χ1v) is 9.65. The summed E-state index contributed by atoms with van der Waals surface area (Å²) in [4.78, 5) is 12.3. The molecule has 1 atom stereocenters. The lowest BCUT2D eigenvalue weighted by molar-refractivity contribution is -0.119. The molecule has 1 amide bonds. The van der Waals surface area contributed by atoms with Gasteiger partial charge in [-0.05, 0) is 55.0 Å². The quantitative estimate of drug-likeness (QED) is 0.758. The molecule has 0 bridgehead atoms. The van der Waals surface area contributed by atoms with Gasteiger partial charge in [-0.15, -0.1) is 11.8 Å². The van der Waals surface area contributed by atoms with Gasteiger partial charge in [0, 0.05) is 5.75 Å². The lowest BCUT2D eigenvalue weighted by Gasteiger charge is -2.18. The van der Waals surface area contributed by atoms with Crippen LogP contribution in [0.4, 0.5) is 0 Å². The number of aryl methyl sites for hydroxylation is 3. The van der Waals surface area contributed by atoms with Gasteiger partial charge in [-0.1, -0.05) is 49.4 Å². The second kappa shape index (κ2) is 8.93. The summed E-state index contributed by atoms with van der Waals surface area (Å²) in [6.45, 7) is 8.45. The molecule has 0 saturated carbocycles. The van der Waals surface area contributed by atoms with Crippen LogP contribution in [0.5, 0.6) is 0 Å². The van der Waals surface area contributed by atoms with Gasteiger partial charge in [0.1, 0.15) is 0 Å². The van der Waals surface area contributed by atoms with Gasteiger partial charge in [0.25, 0.3) is 0 Å². The van der Waals surface area contributed by atoms with E-state index in [9.17, 15) is 4.79 Å². The van der Waals surface area contributed by atoms with Crippen molar-refractivity contribution in [3.05, 3.63) is 70.3 Å². The maximum Gasteiger partial charge on any atom is 0.230 e. The topological polar surface area (TPSA) is 29.1 Å². The van der Waals surface area contributed by atoms with Crippen LogP contribution in [0.15, 0.2) is 42.5 Å². The van der Waals surface area contributed by atoms with Crippen LogP contribution in [0, 0.1) is 20.8 Å². The van der Waals surface area contributed by atoms with Crippen molar-refractivity contribution >= 4 is 17.7 Å². The predicted molar refractivity (Wildman–Crippen MR) is 104 cm³/mol. The van der Waals surface area contributed by atoms with Crippen LogP contribution in [-0.4, -0.2) is 11.7 Å². The zero-order valence-corrected chi connectivity index (χ0v) is 15.9. The number of nitrogens with one attached hydrogen (secondary N) is 1. The summed E-state index contributed by atoms with van der Waals surface area (Å²) < 4.78 is 0. The van der Waals surface area contributed by atoms with Crippen LogP contribution >= 0.6 is 11.8 Å². The highest BCUT2D eigenvalue weighted by atomic mass is 32.2. The van der Waals surface area contributed by atoms with E-state index in [1.165, 1.54) is 27.8 Å². The molecule has 0 aliphatic rings. The Balaban J connectivity index is 1.88. The number of thioether (sulfide) groups is 1. The highest BCUT2D eigenvalue weighted by Gasteiger charge is 2.13. The third-order valence-corrected chi connectivity index (χ3v) is 5.41. The molecule has 0 fully saturated rings. The van der Waals surface area contributed by atoms with Gasteiger partial charge in [0.2, 0.25) is 5.91 Å². The Labute approximate surface area is 150 Å². The standard InChI is InChI=1S/C21H27NOS/c1-5-20(18-11-10-15(2)17(4)12-18)22-21(23)14-24-13-19-9-7-6-8-16(19)3/h6-12,20H,5,13-14H2,1-4H3,(H,22,23)/t20-/m1/s1. The predicted octanol–water partition coefficient (Wildman–Crippen LogP) is 5.11. The minimum absolute atomic E-state index is 0.0934. The molecule has 0 unspecified atom stereocenters. The molecule has 0 aliphatic heterocycles. The summed E-state index contributed by atoms with van der Waals surface area (Å²) in [5.74, 6) is 1.48. The first-order chi connectivity index (χ1) is 11.5. The molecule has 0 heterocycles. The van der Waals surface area contributed by atoms with Crippen molar-refractivity contribution in [2.75, 3.05) is 5.75 Å². The van der Waals surface area contributed by atoms with Crippen LogP contribution < -0.4 is 5.32 Å². The van der Waals surface area contributed by atoms with Crippen molar-refractivity contribution in [2.24, 2.45) is 0 Å². The molecule has 128 valence electrons. The average molecular weight is 342 g/mol. The third-order valence-electron chi connectivity index (χ3n) is 4.43. The third kappa shape index (κ3) is 5.13. The second-order valence-electron chi connectivity index (χ2n) is 6.29. The minimum Gasteiger partial charge on any atom is -0.349 e. The number of hydrogen-bond acceptors (Lipinski definition) is 2. The van der Waals surface area contributed by atoms with Gasteiger partial charge in [-0.2, -0.15) is 0 Å². The van der Waals surface area contributed by atoms with E-state index >= 15 is 0 Å². The monoisotopic (exact) mass is 341 g/mol. The fourth-order valence-electron chi connectivity index (χ4n) is 2.66. The number of carbonyl (C=O) groups is 1. The first-order valence-electron chi connectivity index (χ1n) is 8.50. The Morgan fingerprint density at radius 1 is 1.04 bits per heavy atom. The summed E-state index contributed by atoms with van der Waals surface area (Å²) in [5, 5.41) is 3.17. The molecule has 2 aromatic carbocycles. The highest BCUT2D eigenvalue weighted by molar-refractivity contribution is 7.99. The van der Waals surface area contributed by atoms with E-state index < -0.39 is 0 Å². The molecule has 1 N–H and O–H groups in total. The minimum atomic E-state index is 0.0934. The summed E-state index contributed by atoms with van der Waals surface area (Å²) >= 11 is 1.67. The Hall–Kier alpha value is -1.74. The zero-order chi connectivity index (χ0) is 17.5. The van der Waals surface area contributed by atoms with E-state index in [0.29, 0.717) is 5.75 Å². The van der Waals surface area contributed by atoms with Gasteiger partial charge in [-0.25, -0.2) is 0 Å². The molecule has 2 nitrogen and oxygen atoms in total. The van der Waals surface area contributed by atoms with Crippen molar-refractivity contribution in [3.8, 4) is 0 Å². The van der Waals surface area contributed by atoms with Crippen LogP contribution in [-0.2, 0) is 10.5 Å². The van der Waals surface area contributed by atoms with Crippen LogP contribution in [0.1, 0.15) is 47.2 Å². The largest absolute Gasteiger partial charge is 0.349 e. The molecule has 24 heavy (non-hydrogen) atoms. The van der Waals surface area contributed by atoms with E-state index in [2.05, 4.69) is 69.4 Å². The molecule has 3 heteroatoms. The Bertz CT molecular complexity index is 696. The number of carbonyl (C=O) groups excluding carboxylic acids is 1. The lowest BCUT2D eigenvalue weighted by Crippen LogP contribution is -2.29. The van der Waals surface area contributed by atoms with Crippen molar-refractivity contribution in [3.63, 3.8) is 0 Å². The van der Waals surface area contributed by atoms with Gasteiger partial charge < -0.3 is 5.32 Å². The van der Waals surface area contributed by atoms with E-state index in [-0.39, 0.29) is 11.9 Å². The van der Waals surface area contributed by atoms with Crippen LogP contribution in [0.3, 0.4) is 0 Å². The molecular weight excluding hydrogens is 314 g/mol. The SMILES string of the molecule is CC[C@@H](NC(=O)CSCc1ccccc1C)c1ccc(C)c(C)c1. The van der Waals surface area contributed by atoms with E-state index in [4.69, 9.17) is 0 Å². The van der Waals surface area contributed by atoms with E-state index in [1.54, 1.807) is 11.8 Å². The van der Waals surface area contributed by atoms with Crippen molar-refractivity contribution < 1.29 is 4.79 Å². The van der Waals surface area contributed by atoms with Crippen molar-refractivity contribution in [1.29, 1.82) is 0 Å². The van der Waals surface area contributed by atoms with Gasteiger partial charge >= 0.3 is 0 Å². The van der Waals surface area contributed by atoms with E-state index in [1.807, 2.05) is 6.07 Å². The van der Waals surface area contributed by atoms with Gasteiger partial charge in [-0.3, -0.25) is 4.79 Å². The normalized spacial score (nSPS) is 12.0. The molecular formula is C21H27NOS. The Kier molecular flexibility index (Phi) is 6.92. The number of hydrogen-bond donors (Lipinski definition) is 1. The molecule has 2 aromatic rings. The molecule has 0 radical (unpaired) electrons. The summed E-state index contributed by atoms with van der Waals surface area (Å²) in [5.41, 5.74) is 6.34. The van der Waals surface area contributed by atoms with Crippen LogP contribution in [0.2, 0.25) is 0 Å². The number of amides is 1. The molecule has 0 aliphatic carbocycles. The summed E-state index contributed by atoms with van der Waals surface area (Å²) in [6, 6.07) is 14.9. The Morgan fingerprint density at radius 3 is 2.46 bits per heavy atom. The Morgan fingerprint density at radius 2 is 1.79 bits per heavy atom. The maximum atomic E-state index is 12.3. The molecule has 0 saturated heterocycles. The zero-order valence-electron chi connectivity index (χ0n) is 15.1. The maximum absolute atomic E-state index is 12.3. The smallest absolute Gasteiger partial charge is 0.230 e. The van der Waals surface area contributed by atoms with Gasteiger partial charge in [0.05, 0.1) is 11.8 Å².